The third-order valence-electron chi connectivity index (χ3n) is 1.24. The van der Waals surface area contributed by atoms with Crippen LogP contribution in [-0.2, 0) is 6.54 Å². The van der Waals surface area contributed by atoms with Gasteiger partial charge in [0.15, 0.2) is 0 Å². The third-order valence-corrected chi connectivity index (χ3v) is 1.24. The molecule has 0 aliphatic rings. The summed E-state index contributed by atoms with van der Waals surface area (Å²) in [5, 5.41) is 0. The third kappa shape index (κ3) is 3.76. The van der Waals surface area contributed by atoms with Crippen LogP contribution in [0.5, 0.6) is 5.75 Å². The number of pyridine rings is 1. The van der Waals surface area contributed by atoms with Gasteiger partial charge in [-0.2, -0.15) is 0 Å². The molecule has 70 valence electrons. The van der Waals surface area contributed by atoms with Crippen molar-refractivity contribution in [2.75, 3.05) is 7.11 Å². The van der Waals surface area contributed by atoms with Gasteiger partial charge in [-0.15, -0.1) is 24.8 Å². The van der Waals surface area contributed by atoms with Crippen LogP contribution in [0.25, 0.3) is 0 Å². The van der Waals surface area contributed by atoms with E-state index < -0.39 is 0 Å². The van der Waals surface area contributed by atoms with E-state index in [2.05, 4.69) is 4.98 Å². The van der Waals surface area contributed by atoms with Crippen molar-refractivity contribution in [2.24, 2.45) is 5.73 Å². The number of rotatable bonds is 2. The standard InChI is InChI=1S/C7H10N2O.2ClH/c1-10-7-2-6(3-8)4-9-5-7;;/h2,4-5H,3,8H2,1H3;2*1H. The minimum Gasteiger partial charge on any atom is -0.495 e. The Morgan fingerprint density at radius 2 is 2.08 bits per heavy atom. The van der Waals surface area contributed by atoms with Crippen LogP contribution in [0.3, 0.4) is 0 Å². The Hall–Kier alpha value is -0.510. The molecule has 0 bridgehead atoms. The van der Waals surface area contributed by atoms with Crippen molar-refractivity contribution >= 4 is 24.8 Å². The topological polar surface area (TPSA) is 48.1 Å². The lowest BCUT2D eigenvalue weighted by Gasteiger charge is -1.99. The molecule has 0 aliphatic heterocycles. The second-order valence-corrected chi connectivity index (χ2v) is 1.94. The van der Waals surface area contributed by atoms with Gasteiger partial charge in [0.05, 0.1) is 13.3 Å². The maximum absolute atomic E-state index is 5.38. The number of methoxy groups -OCH3 is 1. The minimum atomic E-state index is 0. The lowest BCUT2D eigenvalue weighted by Crippen LogP contribution is -1.97. The second kappa shape index (κ2) is 7.16. The SMILES string of the molecule is COc1cncc(CN)c1.Cl.Cl. The molecular formula is C7H12Cl2N2O. The van der Waals surface area contributed by atoms with Gasteiger partial charge in [-0.25, -0.2) is 0 Å². The molecule has 0 fully saturated rings. The van der Waals surface area contributed by atoms with Gasteiger partial charge < -0.3 is 10.5 Å². The first-order chi connectivity index (χ1) is 4.86. The molecule has 1 aromatic rings. The molecule has 2 N–H and O–H groups in total. The van der Waals surface area contributed by atoms with Crippen molar-refractivity contribution < 1.29 is 4.74 Å². The Morgan fingerprint density at radius 1 is 1.42 bits per heavy atom. The smallest absolute Gasteiger partial charge is 0.137 e. The summed E-state index contributed by atoms with van der Waals surface area (Å²) in [6.45, 7) is 0.504. The van der Waals surface area contributed by atoms with Crippen LogP contribution in [0, 0.1) is 0 Å². The number of halogens is 2. The highest BCUT2D eigenvalue weighted by Gasteiger charge is 1.91. The zero-order valence-corrected chi connectivity index (χ0v) is 8.32. The van der Waals surface area contributed by atoms with Crippen molar-refractivity contribution in [3.63, 3.8) is 0 Å². The zero-order chi connectivity index (χ0) is 7.40. The van der Waals surface area contributed by atoms with Crippen LogP contribution in [0.2, 0.25) is 0 Å². The zero-order valence-electron chi connectivity index (χ0n) is 6.69. The molecule has 0 amide bonds. The molecule has 0 aliphatic carbocycles. The summed E-state index contributed by atoms with van der Waals surface area (Å²) in [6, 6.07) is 1.87. The van der Waals surface area contributed by atoms with E-state index in [0.29, 0.717) is 6.54 Å². The van der Waals surface area contributed by atoms with Crippen LogP contribution in [-0.4, -0.2) is 12.1 Å². The van der Waals surface area contributed by atoms with Crippen molar-refractivity contribution in [1.29, 1.82) is 0 Å². The Morgan fingerprint density at radius 3 is 2.58 bits per heavy atom. The molecule has 12 heavy (non-hydrogen) atoms. The fraction of sp³-hybridized carbons (Fsp3) is 0.286. The first kappa shape index (κ1) is 14.0. The summed E-state index contributed by atoms with van der Waals surface area (Å²) in [4.78, 5) is 3.92. The van der Waals surface area contributed by atoms with Crippen molar-refractivity contribution in [1.82, 2.24) is 4.98 Å². The summed E-state index contributed by atoms with van der Waals surface area (Å²) < 4.78 is 4.94. The summed E-state index contributed by atoms with van der Waals surface area (Å²) >= 11 is 0. The average molecular weight is 211 g/mol. The maximum atomic E-state index is 5.38. The van der Waals surface area contributed by atoms with Crippen molar-refractivity contribution in [2.45, 2.75) is 6.54 Å². The Balaban J connectivity index is 0. The lowest BCUT2D eigenvalue weighted by molar-refractivity contribution is 0.412. The van der Waals surface area contributed by atoms with Gasteiger partial charge in [0, 0.05) is 12.7 Å². The molecule has 0 saturated heterocycles. The quantitative estimate of drug-likeness (QED) is 0.804. The minimum absolute atomic E-state index is 0. The van der Waals surface area contributed by atoms with Gasteiger partial charge in [-0.1, -0.05) is 0 Å². The fourth-order valence-electron chi connectivity index (χ4n) is 0.687. The highest BCUT2D eigenvalue weighted by Crippen LogP contribution is 2.08. The average Bonchev–Trinajstić information content (AvgIpc) is 2.05. The van der Waals surface area contributed by atoms with Crippen LogP contribution in [0.15, 0.2) is 18.5 Å². The van der Waals surface area contributed by atoms with Crippen LogP contribution in [0.1, 0.15) is 5.56 Å². The summed E-state index contributed by atoms with van der Waals surface area (Å²) in [7, 11) is 1.61. The highest BCUT2D eigenvalue weighted by atomic mass is 35.5. The predicted molar refractivity (Wildman–Crippen MR) is 53.2 cm³/mol. The van der Waals surface area contributed by atoms with E-state index >= 15 is 0 Å². The molecule has 0 spiro atoms. The summed E-state index contributed by atoms with van der Waals surface area (Å²) in [5.41, 5.74) is 6.36. The fourth-order valence-corrected chi connectivity index (χ4v) is 0.687. The predicted octanol–water partition coefficient (Wildman–Crippen LogP) is 1.39. The molecule has 0 radical (unpaired) electrons. The van der Waals surface area contributed by atoms with Crippen molar-refractivity contribution in [3.8, 4) is 5.75 Å². The number of nitrogens with two attached hydrogens (primary N) is 1. The van der Waals surface area contributed by atoms with Crippen molar-refractivity contribution in [3.05, 3.63) is 24.0 Å². The normalized spacial score (nSPS) is 7.83. The molecule has 0 aromatic carbocycles. The Labute approximate surface area is 84.1 Å². The van der Waals surface area contributed by atoms with Gasteiger partial charge in [-0.3, -0.25) is 4.98 Å². The van der Waals surface area contributed by atoms with Gasteiger partial charge >= 0.3 is 0 Å². The molecule has 5 heteroatoms. The van der Waals surface area contributed by atoms with Gasteiger partial charge in [-0.05, 0) is 11.6 Å². The van der Waals surface area contributed by atoms with Crippen LogP contribution < -0.4 is 10.5 Å². The number of hydrogen-bond donors (Lipinski definition) is 1. The first-order valence-corrected chi connectivity index (χ1v) is 3.05. The first-order valence-electron chi connectivity index (χ1n) is 3.05. The van der Waals surface area contributed by atoms with E-state index in [9.17, 15) is 0 Å². The lowest BCUT2D eigenvalue weighted by atomic mass is 10.3. The molecular weight excluding hydrogens is 199 g/mol. The van der Waals surface area contributed by atoms with Gasteiger partial charge in [0.25, 0.3) is 0 Å². The molecule has 3 nitrogen and oxygen atoms in total. The molecule has 0 unspecified atom stereocenters. The van der Waals surface area contributed by atoms with E-state index in [1.165, 1.54) is 0 Å². The molecule has 0 saturated carbocycles. The summed E-state index contributed by atoms with van der Waals surface area (Å²) in [5.74, 6) is 0.753. The molecule has 0 atom stereocenters. The summed E-state index contributed by atoms with van der Waals surface area (Å²) in [6.07, 6.45) is 3.38. The molecule has 1 aromatic heterocycles. The van der Waals surface area contributed by atoms with E-state index in [1.807, 2.05) is 6.07 Å². The number of aromatic nitrogens is 1. The highest BCUT2D eigenvalue weighted by molar-refractivity contribution is 5.85. The number of ether oxygens (including phenoxy) is 1. The van der Waals surface area contributed by atoms with E-state index in [1.54, 1.807) is 19.5 Å². The Bertz CT molecular complexity index is 201. The van der Waals surface area contributed by atoms with Gasteiger partial charge in [0.2, 0.25) is 0 Å². The largest absolute Gasteiger partial charge is 0.495 e. The number of nitrogens with zero attached hydrogens (tertiary/aromatic N) is 1. The van der Waals surface area contributed by atoms with E-state index in [-0.39, 0.29) is 24.8 Å². The van der Waals surface area contributed by atoms with Crippen LogP contribution in [0.4, 0.5) is 0 Å². The maximum Gasteiger partial charge on any atom is 0.137 e. The second-order valence-electron chi connectivity index (χ2n) is 1.94. The number of hydrogen-bond acceptors (Lipinski definition) is 3. The van der Waals surface area contributed by atoms with E-state index in [0.717, 1.165) is 11.3 Å². The van der Waals surface area contributed by atoms with E-state index in [4.69, 9.17) is 10.5 Å². The van der Waals surface area contributed by atoms with Crippen LogP contribution >= 0.6 is 24.8 Å². The monoisotopic (exact) mass is 210 g/mol. The molecule has 1 rings (SSSR count). The molecule has 1 heterocycles. The van der Waals surface area contributed by atoms with Gasteiger partial charge in [0.1, 0.15) is 5.75 Å². The Kier molecular flexibility index (Phi) is 8.37.